The van der Waals surface area contributed by atoms with Gasteiger partial charge in [0.2, 0.25) is 5.91 Å². The van der Waals surface area contributed by atoms with E-state index in [1.807, 2.05) is 36.4 Å². The number of aryl methyl sites for hydroxylation is 2. The van der Waals surface area contributed by atoms with E-state index < -0.39 is 5.97 Å². The Morgan fingerprint density at radius 1 is 1.09 bits per heavy atom. The molecule has 0 aliphatic carbocycles. The topological polar surface area (TPSA) is 101 Å². The fraction of sp³-hybridized carbons (Fsp3) is 0.174. The SMILES string of the molecule is Cn1cc(N(Cc2ccc3ccc(Cl)nc3c2)C(=O)CCc2ccncc2)c(C(=O)O)n1. The second-order valence-corrected chi connectivity index (χ2v) is 7.73. The summed E-state index contributed by atoms with van der Waals surface area (Å²) in [4.78, 5) is 34.8. The maximum absolute atomic E-state index is 13.3. The number of aromatic nitrogens is 4. The molecule has 9 heteroatoms. The van der Waals surface area contributed by atoms with Crippen LogP contribution in [0.3, 0.4) is 0 Å². The summed E-state index contributed by atoms with van der Waals surface area (Å²) >= 11 is 6.02. The van der Waals surface area contributed by atoms with Gasteiger partial charge in [0.15, 0.2) is 5.69 Å². The first-order chi connectivity index (χ1) is 15.4. The first-order valence-electron chi connectivity index (χ1n) is 9.92. The van der Waals surface area contributed by atoms with Gasteiger partial charge >= 0.3 is 5.97 Å². The number of rotatable bonds is 7. The Hall–Kier alpha value is -3.78. The molecule has 1 aromatic carbocycles. The monoisotopic (exact) mass is 449 g/mol. The summed E-state index contributed by atoms with van der Waals surface area (Å²) in [6, 6.07) is 12.9. The number of carbonyl (C=O) groups excluding carboxylic acids is 1. The maximum atomic E-state index is 13.3. The van der Waals surface area contributed by atoms with Crippen LogP contribution in [0.15, 0.2) is 61.1 Å². The molecule has 1 amide bonds. The van der Waals surface area contributed by atoms with E-state index >= 15 is 0 Å². The number of hydrogen-bond donors (Lipinski definition) is 1. The largest absolute Gasteiger partial charge is 0.476 e. The number of carboxylic acids is 1. The van der Waals surface area contributed by atoms with Gasteiger partial charge in [-0.3, -0.25) is 14.5 Å². The Morgan fingerprint density at radius 3 is 2.59 bits per heavy atom. The zero-order valence-corrected chi connectivity index (χ0v) is 18.0. The molecule has 0 saturated carbocycles. The van der Waals surface area contributed by atoms with E-state index in [4.69, 9.17) is 11.6 Å². The number of hydrogen-bond acceptors (Lipinski definition) is 5. The van der Waals surface area contributed by atoms with Gasteiger partial charge in [-0.15, -0.1) is 0 Å². The molecule has 8 nitrogen and oxygen atoms in total. The van der Waals surface area contributed by atoms with Crippen molar-refractivity contribution in [2.24, 2.45) is 7.05 Å². The number of benzene rings is 1. The lowest BCUT2D eigenvalue weighted by Gasteiger charge is -2.22. The zero-order chi connectivity index (χ0) is 22.7. The molecule has 3 aromatic heterocycles. The summed E-state index contributed by atoms with van der Waals surface area (Å²) in [5.41, 5.74) is 2.54. The van der Waals surface area contributed by atoms with Crippen LogP contribution in [-0.4, -0.2) is 36.7 Å². The first-order valence-corrected chi connectivity index (χ1v) is 10.3. The Morgan fingerprint density at radius 2 is 1.84 bits per heavy atom. The highest BCUT2D eigenvalue weighted by Crippen LogP contribution is 2.25. The van der Waals surface area contributed by atoms with Gasteiger partial charge in [0, 0.05) is 37.4 Å². The highest BCUT2D eigenvalue weighted by Gasteiger charge is 2.25. The van der Waals surface area contributed by atoms with Crippen molar-refractivity contribution in [2.75, 3.05) is 4.90 Å². The molecule has 4 rings (SSSR count). The third kappa shape index (κ3) is 4.76. The highest BCUT2D eigenvalue weighted by atomic mass is 35.5. The lowest BCUT2D eigenvalue weighted by atomic mass is 10.1. The van der Waals surface area contributed by atoms with E-state index in [0.717, 1.165) is 16.5 Å². The average Bonchev–Trinajstić information content (AvgIpc) is 3.18. The number of halogens is 1. The van der Waals surface area contributed by atoms with Crippen LogP contribution in [-0.2, 0) is 24.8 Å². The van der Waals surface area contributed by atoms with E-state index in [9.17, 15) is 14.7 Å². The molecule has 0 atom stereocenters. The Bertz CT molecular complexity index is 1290. The smallest absolute Gasteiger partial charge is 0.358 e. The summed E-state index contributed by atoms with van der Waals surface area (Å²) in [5.74, 6) is -1.41. The van der Waals surface area contributed by atoms with E-state index in [2.05, 4.69) is 15.1 Å². The molecule has 162 valence electrons. The second-order valence-electron chi connectivity index (χ2n) is 7.34. The van der Waals surface area contributed by atoms with Gasteiger partial charge in [-0.1, -0.05) is 23.7 Å². The van der Waals surface area contributed by atoms with E-state index in [1.54, 1.807) is 31.7 Å². The van der Waals surface area contributed by atoms with Crippen molar-refractivity contribution in [3.63, 3.8) is 0 Å². The number of carboxylic acid groups (broad SMARTS) is 1. The molecular weight excluding hydrogens is 430 g/mol. The summed E-state index contributed by atoms with van der Waals surface area (Å²) in [6.07, 6.45) is 5.61. The Kier molecular flexibility index (Phi) is 6.13. The molecule has 3 heterocycles. The van der Waals surface area contributed by atoms with Crippen LogP contribution < -0.4 is 4.90 Å². The van der Waals surface area contributed by atoms with E-state index in [-0.39, 0.29) is 30.3 Å². The van der Waals surface area contributed by atoms with Crippen LogP contribution in [0.1, 0.15) is 28.0 Å². The van der Waals surface area contributed by atoms with Crippen molar-refractivity contribution >= 4 is 40.1 Å². The summed E-state index contributed by atoms with van der Waals surface area (Å²) in [6.45, 7) is 0.172. The summed E-state index contributed by atoms with van der Waals surface area (Å²) < 4.78 is 1.39. The zero-order valence-electron chi connectivity index (χ0n) is 17.3. The second kappa shape index (κ2) is 9.15. The normalized spacial score (nSPS) is 10.9. The minimum absolute atomic E-state index is 0.172. The van der Waals surface area contributed by atoms with E-state index in [1.165, 1.54) is 9.58 Å². The van der Waals surface area contributed by atoms with Gasteiger partial charge in [-0.25, -0.2) is 9.78 Å². The Labute approximate surface area is 189 Å². The molecule has 32 heavy (non-hydrogen) atoms. The molecule has 0 radical (unpaired) electrons. The molecule has 0 saturated heterocycles. The van der Waals surface area contributed by atoms with Crippen molar-refractivity contribution in [3.8, 4) is 0 Å². The van der Waals surface area contributed by atoms with Crippen molar-refractivity contribution in [1.82, 2.24) is 19.7 Å². The third-order valence-corrected chi connectivity index (χ3v) is 5.25. The molecule has 0 aliphatic rings. The average molecular weight is 450 g/mol. The predicted octanol–water partition coefficient (Wildman–Crippen LogP) is 3.88. The third-order valence-electron chi connectivity index (χ3n) is 5.04. The molecule has 0 fully saturated rings. The van der Waals surface area contributed by atoms with Crippen LogP contribution in [0.25, 0.3) is 10.9 Å². The molecule has 4 aromatic rings. The number of fused-ring (bicyclic) bond motifs is 1. The Balaban J connectivity index is 1.67. The molecule has 0 bridgehead atoms. The number of amides is 1. The molecule has 0 spiro atoms. The van der Waals surface area contributed by atoms with Crippen LogP contribution in [0.2, 0.25) is 5.15 Å². The van der Waals surface area contributed by atoms with Crippen LogP contribution >= 0.6 is 11.6 Å². The minimum Gasteiger partial charge on any atom is -0.476 e. The maximum Gasteiger partial charge on any atom is 0.358 e. The summed E-state index contributed by atoms with van der Waals surface area (Å²) in [5, 5.41) is 14.9. The van der Waals surface area contributed by atoms with Gasteiger partial charge in [0.1, 0.15) is 5.15 Å². The fourth-order valence-corrected chi connectivity index (χ4v) is 3.64. The number of aromatic carboxylic acids is 1. The number of carbonyl (C=O) groups is 2. The van der Waals surface area contributed by atoms with Gasteiger partial charge in [0.05, 0.1) is 17.7 Å². The van der Waals surface area contributed by atoms with Crippen molar-refractivity contribution < 1.29 is 14.7 Å². The molecule has 0 aliphatic heterocycles. The minimum atomic E-state index is -1.19. The number of anilines is 1. The van der Waals surface area contributed by atoms with Crippen molar-refractivity contribution in [3.05, 3.63) is 83.0 Å². The standard InChI is InChI=1S/C23H20ClN5O3/c1-28-14-19(22(27-28)23(31)32)29(21(30)7-3-15-8-10-25-11-9-15)13-16-2-4-17-5-6-20(24)26-18(17)12-16/h2,4-6,8-12,14H,3,7,13H2,1H3,(H,31,32). The quantitative estimate of drug-likeness (QED) is 0.429. The summed E-state index contributed by atoms with van der Waals surface area (Å²) in [7, 11) is 1.62. The van der Waals surface area contributed by atoms with Crippen LogP contribution in [0.4, 0.5) is 5.69 Å². The fourth-order valence-electron chi connectivity index (χ4n) is 3.49. The number of pyridine rings is 2. The molecular formula is C23H20ClN5O3. The lowest BCUT2D eigenvalue weighted by molar-refractivity contribution is -0.118. The van der Waals surface area contributed by atoms with Gasteiger partial charge in [-0.2, -0.15) is 5.10 Å². The van der Waals surface area contributed by atoms with Crippen LogP contribution in [0, 0.1) is 0 Å². The number of nitrogens with zero attached hydrogens (tertiary/aromatic N) is 5. The first kappa shape index (κ1) is 21.5. The predicted molar refractivity (Wildman–Crippen MR) is 121 cm³/mol. The highest BCUT2D eigenvalue weighted by molar-refractivity contribution is 6.29. The molecule has 1 N–H and O–H groups in total. The van der Waals surface area contributed by atoms with Gasteiger partial charge in [-0.05, 0) is 47.9 Å². The van der Waals surface area contributed by atoms with Gasteiger partial charge in [0.25, 0.3) is 0 Å². The molecule has 0 unspecified atom stereocenters. The van der Waals surface area contributed by atoms with Crippen molar-refractivity contribution in [1.29, 1.82) is 0 Å². The van der Waals surface area contributed by atoms with Crippen molar-refractivity contribution in [2.45, 2.75) is 19.4 Å². The van der Waals surface area contributed by atoms with Crippen LogP contribution in [0.5, 0.6) is 0 Å². The van der Waals surface area contributed by atoms with Gasteiger partial charge < -0.3 is 10.0 Å². The van der Waals surface area contributed by atoms with E-state index in [0.29, 0.717) is 17.1 Å². The lowest BCUT2D eigenvalue weighted by Crippen LogP contribution is -2.31.